The summed E-state index contributed by atoms with van der Waals surface area (Å²) in [7, 11) is -2.21. The molecule has 1 unspecified atom stereocenters. The van der Waals surface area contributed by atoms with Crippen LogP contribution in [-0.4, -0.2) is 68.1 Å². The predicted molar refractivity (Wildman–Crippen MR) is 146 cm³/mol. The van der Waals surface area contributed by atoms with Gasteiger partial charge in [0.15, 0.2) is 0 Å². The van der Waals surface area contributed by atoms with E-state index in [0.29, 0.717) is 59.9 Å². The number of piperidine rings is 1. The van der Waals surface area contributed by atoms with Gasteiger partial charge in [-0.25, -0.2) is 12.8 Å². The van der Waals surface area contributed by atoms with E-state index in [-0.39, 0.29) is 31.0 Å². The van der Waals surface area contributed by atoms with Crippen molar-refractivity contribution < 1.29 is 31.6 Å². The largest absolute Gasteiger partial charge is 0.497 e. The fraction of sp³-hybridized carbons (Fsp3) is 0.448. The molecule has 1 fully saturated rings. The summed E-state index contributed by atoms with van der Waals surface area (Å²) in [5, 5.41) is 4.16. The topological polar surface area (TPSA) is 102 Å². The summed E-state index contributed by atoms with van der Waals surface area (Å²) < 4.78 is 59.1. The van der Waals surface area contributed by atoms with Crippen molar-refractivity contribution in [3.05, 3.63) is 64.7 Å². The number of methoxy groups -OCH3 is 1. The van der Waals surface area contributed by atoms with Gasteiger partial charge in [-0.15, -0.1) is 0 Å². The number of hydrogen-bond acceptors (Lipinski definition) is 7. The minimum atomic E-state index is -3.77. The maximum Gasteiger partial charge on any atom is 0.248 e. The lowest BCUT2D eigenvalue weighted by Crippen LogP contribution is -2.47. The normalized spacial score (nSPS) is 18.0. The number of rotatable bonds is 8. The van der Waals surface area contributed by atoms with Crippen molar-refractivity contribution in [2.45, 2.75) is 57.0 Å². The lowest BCUT2D eigenvalue weighted by atomic mass is 10.0. The molecule has 0 saturated carbocycles. The molecule has 2 aliphatic heterocycles. The maximum absolute atomic E-state index is 13.8. The number of hydrogen-bond donors (Lipinski definition) is 0. The number of sulfonamides is 1. The van der Waals surface area contributed by atoms with Gasteiger partial charge in [0.05, 0.1) is 25.2 Å². The first kappa shape index (κ1) is 28.3. The van der Waals surface area contributed by atoms with Crippen LogP contribution in [0, 0.1) is 19.7 Å². The molecule has 1 saturated heterocycles. The Bertz CT molecular complexity index is 1460. The minimum Gasteiger partial charge on any atom is -0.497 e. The average Bonchev–Trinajstić information content (AvgIpc) is 3.36. The molecule has 0 spiro atoms. The van der Waals surface area contributed by atoms with E-state index >= 15 is 0 Å². The first-order valence-electron chi connectivity index (χ1n) is 13.4. The van der Waals surface area contributed by atoms with Crippen LogP contribution in [0.5, 0.6) is 5.75 Å². The van der Waals surface area contributed by atoms with Gasteiger partial charge in [-0.3, -0.25) is 4.79 Å². The SMILES string of the molecule is COc1cc(C)c(S(=O)(=O)N2CCCCC2COCC(=O)N2CCc3onc(-c4ccc(F)cc4)c3C2)c(C)c1. The van der Waals surface area contributed by atoms with E-state index in [9.17, 15) is 17.6 Å². The van der Waals surface area contributed by atoms with Crippen molar-refractivity contribution in [1.82, 2.24) is 14.4 Å². The standard InChI is InChI=1S/C29H34FN3O6S/c1-19-14-24(37-3)15-20(2)29(19)40(35,36)33-12-5-4-6-23(33)17-38-18-27(34)32-13-11-26-25(16-32)28(31-39-26)21-7-9-22(30)10-8-21/h7-10,14-15,23H,4-6,11-13,16-18H2,1-3H3. The molecule has 0 N–H and O–H groups in total. The van der Waals surface area contributed by atoms with Crippen molar-refractivity contribution >= 4 is 15.9 Å². The Morgan fingerprint density at radius 1 is 1.12 bits per heavy atom. The summed E-state index contributed by atoms with van der Waals surface area (Å²) in [5.74, 6) is 0.806. The molecule has 0 aliphatic carbocycles. The number of halogens is 1. The third-order valence-electron chi connectivity index (χ3n) is 7.64. The van der Waals surface area contributed by atoms with Gasteiger partial charge >= 0.3 is 0 Å². The number of nitrogens with zero attached hydrogens (tertiary/aromatic N) is 3. The van der Waals surface area contributed by atoms with Gasteiger partial charge in [-0.2, -0.15) is 4.31 Å². The molecule has 2 aromatic carbocycles. The van der Waals surface area contributed by atoms with Crippen LogP contribution in [0.4, 0.5) is 4.39 Å². The van der Waals surface area contributed by atoms with Crippen molar-refractivity contribution in [2.24, 2.45) is 0 Å². The van der Waals surface area contributed by atoms with Gasteiger partial charge in [0.1, 0.15) is 29.6 Å². The number of aromatic nitrogens is 1. The van der Waals surface area contributed by atoms with E-state index in [4.69, 9.17) is 14.0 Å². The fourth-order valence-corrected chi connectivity index (χ4v) is 7.73. The Morgan fingerprint density at radius 3 is 2.55 bits per heavy atom. The van der Waals surface area contributed by atoms with Gasteiger partial charge < -0.3 is 18.9 Å². The summed E-state index contributed by atoms with van der Waals surface area (Å²) in [6.45, 7) is 4.71. The molecule has 1 amide bonds. The van der Waals surface area contributed by atoms with Gasteiger partial charge in [-0.05, 0) is 74.2 Å². The number of fused-ring (bicyclic) bond motifs is 1. The third-order valence-corrected chi connectivity index (χ3v) is 9.90. The Balaban J connectivity index is 1.23. The van der Waals surface area contributed by atoms with Crippen molar-refractivity contribution in [2.75, 3.05) is 33.4 Å². The summed E-state index contributed by atoms with van der Waals surface area (Å²) >= 11 is 0. The zero-order valence-electron chi connectivity index (χ0n) is 23.0. The van der Waals surface area contributed by atoms with Crippen molar-refractivity contribution in [3.63, 3.8) is 0 Å². The van der Waals surface area contributed by atoms with Crippen LogP contribution < -0.4 is 4.74 Å². The molecular formula is C29H34FN3O6S. The minimum absolute atomic E-state index is 0.131. The molecular weight excluding hydrogens is 537 g/mol. The summed E-state index contributed by atoms with van der Waals surface area (Å²) in [5.41, 5.74) is 3.39. The van der Waals surface area contributed by atoms with Gasteiger partial charge in [0.2, 0.25) is 15.9 Å². The van der Waals surface area contributed by atoms with Gasteiger partial charge in [0.25, 0.3) is 0 Å². The number of benzene rings is 2. The predicted octanol–water partition coefficient (Wildman–Crippen LogP) is 4.25. The summed E-state index contributed by atoms with van der Waals surface area (Å²) in [6.07, 6.45) is 2.85. The number of carbonyl (C=O) groups is 1. The maximum atomic E-state index is 13.8. The van der Waals surface area contributed by atoms with Crippen LogP contribution in [-0.2, 0) is 32.5 Å². The summed E-state index contributed by atoms with van der Waals surface area (Å²) in [6, 6.07) is 9.10. The van der Waals surface area contributed by atoms with Crippen molar-refractivity contribution in [1.29, 1.82) is 0 Å². The number of carbonyl (C=O) groups excluding carboxylic acids is 1. The Hall–Kier alpha value is -3.28. The lowest BCUT2D eigenvalue weighted by molar-refractivity contribution is -0.137. The Kier molecular flexibility index (Phi) is 8.25. The fourth-order valence-electron chi connectivity index (χ4n) is 5.64. The van der Waals surface area contributed by atoms with E-state index in [2.05, 4.69) is 5.16 Å². The van der Waals surface area contributed by atoms with Crippen LogP contribution in [0.15, 0.2) is 45.8 Å². The van der Waals surface area contributed by atoms with E-state index in [0.717, 1.165) is 29.7 Å². The second-order valence-electron chi connectivity index (χ2n) is 10.4. The van der Waals surface area contributed by atoms with Gasteiger partial charge in [-0.1, -0.05) is 11.6 Å². The molecule has 1 atom stereocenters. The summed E-state index contributed by atoms with van der Waals surface area (Å²) in [4.78, 5) is 15.1. The highest BCUT2D eigenvalue weighted by Crippen LogP contribution is 2.33. The Labute approximate surface area is 233 Å². The van der Waals surface area contributed by atoms with E-state index in [1.165, 1.54) is 16.4 Å². The van der Waals surface area contributed by atoms with Gasteiger partial charge in [0, 0.05) is 36.7 Å². The quantitative estimate of drug-likeness (QED) is 0.398. The second kappa shape index (κ2) is 11.7. The molecule has 0 radical (unpaired) electrons. The van der Waals surface area contributed by atoms with Crippen LogP contribution in [0.25, 0.3) is 11.3 Å². The molecule has 1 aromatic heterocycles. The van der Waals surface area contributed by atoms with E-state index in [1.54, 1.807) is 50.1 Å². The average molecular weight is 572 g/mol. The van der Waals surface area contributed by atoms with Crippen molar-refractivity contribution in [3.8, 4) is 17.0 Å². The van der Waals surface area contributed by atoms with Crippen LogP contribution >= 0.6 is 0 Å². The lowest BCUT2D eigenvalue weighted by Gasteiger charge is -2.35. The highest BCUT2D eigenvalue weighted by atomic mass is 32.2. The zero-order valence-corrected chi connectivity index (χ0v) is 23.8. The molecule has 9 nitrogen and oxygen atoms in total. The smallest absolute Gasteiger partial charge is 0.248 e. The first-order chi connectivity index (χ1) is 19.2. The van der Waals surface area contributed by atoms with E-state index in [1.807, 2.05) is 0 Å². The number of amides is 1. The molecule has 0 bridgehead atoms. The second-order valence-corrected chi connectivity index (χ2v) is 12.2. The van der Waals surface area contributed by atoms with Crippen LogP contribution in [0.3, 0.4) is 0 Å². The number of aryl methyl sites for hydroxylation is 2. The molecule has 11 heteroatoms. The monoisotopic (exact) mass is 571 g/mol. The Morgan fingerprint density at radius 2 is 1.85 bits per heavy atom. The first-order valence-corrected chi connectivity index (χ1v) is 14.9. The molecule has 2 aliphatic rings. The zero-order chi connectivity index (χ0) is 28.4. The molecule has 214 valence electrons. The third kappa shape index (κ3) is 5.63. The number of ether oxygens (including phenoxy) is 2. The highest BCUT2D eigenvalue weighted by molar-refractivity contribution is 7.89. The molecule has 40 heavy (non-hydrogen) atoms. The van der Waals surface area contributed by atoms with E-state index < -0.39 is 10.0 Å². The highest BCUT2D eigenvalue weighted by Gasteiger charge is 2.36. The molecule has 5 rings (SSSR count). The van der Waals surface area contributed by atoms with Crippen LogP contribution in [0.1, 0.15) is 41.7 Å². The van der Waals surface area contributed by atoms with Crippen LogP contribution in [0.2, 0.25) is 0 Å². The molecule has 3 heterocycles. The molecule has 3 aromatic rings.